The van der Waals surface area contributed by atoms with Crippen LogP contribution in [0.15, 0.2) is 12.3 Å². The number of nitrogens with one attached hydrogen (secondary N) is 1. The molecule has 7 heavy (non-hydrogen) atoms. The summed E-state index contributed by atoms with van der Waals surface area (Å²) in [5.74, 6) is 0. The standard InChI is InChI=1S/C5H6N.Y/c1-5-3-2-4-6-5;/h2,4,6H,1H3;/q-1;. The first kappa shape index (κ1) is 7.38. The van der Waals surface area contributed by atoms with Crippen molar-refractivity contribution in [2.75, 3.05) is 0 Å². The van der Waals surface area contributed by atoms with Gasteiger partial charge in [-0.05, 0) is 6.92 Å². The smallest absolute Gasteiger partial charge is 0 e. The zero-order valence-corrected chi connectivity index (χ0v) is 7.07. The molecule has 1 aromatic rings. The molecule has 0 atom stereocenters. The van der Waals surface area contributed by atoms with Crippen LogP contribution >= 0.6 is 0 Å². The second-order valence-corrected chi connectivity index (χ2v) is 1.25. The number of aromatic nitrogens is 1. The van der Waals surface area contributed by atoms with E-state index in [1.807, 2.05) is 19.2 Å². The maximum absolute atomic E-state index is 2.94. The van der Waals surface area contributed by atoms with Crippen molar-refractivity contribution in [1.29, 1.82) is 0 Å². The summed E-state index contributed by atoms with van der Waals surface area (Å²) in [4.78, 5) is 2.94. The maximum atomic E-state index is 2.94. The molecule has 0 fully saturated rings. The van der Waals surface area contributed by atoms with Crippen molar-refractivity contribution in [2.24, 2.45) is 0 Å². The van der Waals surface area contributed by atoms with Gasteiger partial charge in [-0.1, -0.05) is 5.69 Å². The molecule has 0 bridgehead atoms. The van der Waals surface area contributed by atoms with Crippen LogP contribution in [0.1, 0.15) is 5.69 Å². The van der Waals surface area contributed by atoms with Crippen molar-refractivity contribution in [3.63, 3.8) is 0 Å². The topological polar surface area (TPSA) is 15.8 Å². The molecule has 0 aliphatic heterocycles. The molecule has 1 nitrogen and oxygen atoms in total. The Labute approximate surface area is 68.4 Å². The summed E-state index contributed by atoms with van der Waals surface area (Å²) < 4.78 is 0. The zero-order chi connectivity index (χ0) is 4.41. The van der Waals surface area contributed by atoms with Crippen LogP contribution in [-0.4, -0.2) is 4.98 Å². The van der Waals surface area contributed by atoms with Crippen LogP contribution in [0, 0.1) is 13.0 Å². The van der Waals surface area contributed by atoms with Crippen LogP contribution in [0.3, 0.4) is 0 Å². The predicted molar refractivity (Wildman–Crippen MR) is 24.4 cm³/mol. The van der Waals surface area contributed by atoms with Crippen LogP contribution in [0.4, 0.5) is 0 Å². The Balaban J connectivity index is 0.000000360. The molecule has 0 saturated carbocycles. The number of H-pyrrole nitrogens is 1. The van der Waals surface area contributed by atoms with E-state index in [0.717, 1.165) is 5.69 Å². The molecule has 0 unspecified atom stereocenters. The van der Waals surface area contributed by atoms with Crippen molar-refractivity contribution in [2.45, 2.75) is 6.92 Å². The Hall–Kier alpha value is 0.384. The van der Waals surface area contributed by atoms with Crippen LogP contribution in [-0.2, 0) is 32.7 Å². The number of rotatable bonds is 0. The van der Waals surface area contributed by atoms with Gasteiger partial charge in [0.15, 0.2) is 0 Å². The van der Waals surface area contributed by atoms with Crippen molar-refractivity contribution in [1.82, 2.24) is 4.98 Å². The minimum atomic E-state index is 0. The molecular weight excluding hydrogens is 163 g/mol. The third-order valence-corrected chi connectivity index (χ3v) is 0.683. The van der Waals surface area contributed by atoms with Crippen LogP contribution < -0.4 is 0 Å². The summed E-state index contributed by atoms with van der Waals surface area (Å²) >= 11 is 0. The first-order valence-corrected chi connectivity index (χ1v) is 1.91. The second kappa shape index (κ2) is 3.39. The largest absolute Gasteiger partial charge is 0.459 e. The van der Waals surface area contributed by atoms with Crippen molar-refractivity contribution < 1.29 is 32.7 Å². The molecule has 0 amide bonds. The molecule has 2 heteroatoms. The molecule has 1 heterocycles. The fourth-order valence-corrected chi connectivity index (χ4v) is 0.375. The van der Waals surface area contributed by atoms with E-state index in [2.05, 4.69) is 11.1 Å². The Bertz CT molecular complexity index is 112. The molecule has 1 radical (unpaired) electrons. The Morgan fingerprint density at radius 3 is 2.57 bits per heavy atom. The molecule has 0 aliphatic rings. The van der Waals surface area contributed by atoms with Gasteiger partial charge >= 0.3 is 0 Å². The number of hydrogen-bond acceptors (Lipinski definition) is 0. The fraction of sp³-hybridized carbons (Fsp3) is 0.200. The minimum absolute atomic E-state index is 0. The van der Waals surface area contributed by atoms with Crippen LogP contribution in [0.2, 0.25) is 0 Å². The van der Waals surface area contributed by atoms with Gasteiger partial charge in [0, 0.05) is 32.7 Å². The zero-order valence-electron chi connectivity index (χ0n) is 4.23. The normalized spacial score (nSPS) is 7.57. The molecule has 35 valence electrons. The summed E-state index contributed by atoms with van der Waals surface area (Å²) in [5.41, 5.74) is 1.09. The van der Waals surface area contributed by atoms with Gasteiger partial charge in [-0.25, -0.2) is 12.1 Å². The minimum Gasteiger partial charge on any atom is -0.459 e. The summed E-state index contributed by atoms with van der Waals surface area (Å²) in [6.45, 7) is 1.97. The average molecular weight is 169 g/mol. The Morgan fingerprint density at radius 2 is 2.43 bits per heavy atom. The van der Waals surface area contributed by atoms with Crippen molar-refractivity contribution in [3.8, 4) is 0 Å². The van der Waals surface area contributed by atoms with Crippen LogP contribution in [0.25, 0.3) is 0 Å². The second-order valence-electron chi connectivity index (χ2n) is 1.25. The molecule has 0 aliphatic carbocycles. The van der Waals surface area contributed by atoms with E-state index in [-0.39, 0.29) is 32.7 Å². The van der Waals surface area contributed by atoms with E-state index in [9.17, 15) is 0 Å². The fourth-order valence-electron chi connectivity index (χ4n) is 0.375. The Morgan fingerprint density at radius 1 is 1.71 bits per heavy atom. The molecule has 1 rings (SSSR count). The van der Waals surface area contributed by atoms with Gasteiger partial charge in [0.1, 0.15) is 0 Å². The molecule has 1 N–H and O–H groups in total. The van der Waals surface area contributed by atoms with Gasteiger partial charge < -0.3 is 4.98 Å². The molecule has 0 saturated heterocycles. The molecule has 0 spiro atoms. The molecular formula is C5H6NY-. The predicted octanol–water partition coefficient (Wildman–Crippen LogP) is 1.12. The SMILES string of the molecule is Cc1[c-]cc[nH]1.[Y]. The van der Waals surface area contributed by atoms with Crippen molar-refractivity contribution in [3.05, 3.63) is 24.0 Å². The quantitative estimate of drug-likeness (QED) is 0.560. The van der Waals surface area contributed by atoms with Gasteiger partial charge in [-0.3, -0.25) is 0 Å². The third kappa shape index (κ3) is 2.25. The van der Waals surface area contributed by atoms with E-state index < -0.39 is 0 Å². The van der Waals surface area contributed by atoms with Gasteiger partial charge in [-0.15, -0.1) is 6.20 Å². The summed E-state index contributed by atoms with van der Waals surface area (Å²) in [5, 5.41) is 0. The number of hydrogen-bond donors (Lipinski definition) is 1. The monoisotopic (exact) mass is 169 g/mol. The number of aromatic amines is 1. The van der Waals surface area contributed by atoms with Gasteiger partial charge in [0.2, 0.25) is 0 Å². The van der Waals surface area contributed by atoms with Gasteiger partial charge in [0.05, 0.1) is 0 Å². The summed E-state index contributed by atoms with van der Waals surface area (Å²) in [6, 6.07) is 4.80. The molecule has 0 aromatic carbocycles. The van der Waals surface area contributed by atoms with E-state index in [0.29, 0.717) is 0 Å². The van der Waals surface area contributed by atoms with Gasteiger partial charge in [-0.2, -0.15) is 0 Å². The maximum Gasteiger partial charge on any atom is 0 e. The van der Waals surface area contributed by atoms with E-state index >= 15 is 0 Å². The molecule has 1 aromatic heterocycles. The van der Waals surface area contributed by atoms with Crippen molar-refractivity contribution >= 4 is 0 Å². The third-order valence-electron chi connectivity index (χ3n) is 0.683. The first-order valence-electron chi connectivity index (χ1n) is 1.91. The van der Waals surface area contributed by atoms with Crippen LogP contribution in [0.5, 0.6) is 0 Å². The average Bonchev–Trinajstić information content (AvgIpc) is 1.86. The summed E-state index contributed by atoms with van der Waals surface area (Å²) in [7, 11) is 0. The van der Waals surface area contributed by atoms with E-state index in [1.165, 1.54) is 0 Å². The first-order chi connectivity index (χ1) is 2.89. The Kier molecular flexibility index (Phi) is 3.58. The summed E-state index contributed by atoms with van der Waals surface area (Å²) in [6.07, 6.45) is 1.86. The number of aryl methyl sites for hydroxylation is 1. The van der Waals surface area contributed by atoms with Gasteiger partial charge in [0.25, 0.3) is 0 Å². The van der Waals surface area contributed by atoms with E-state index in [4.69, 9.17) is 0 Å². The van der Waals surface area contributed by atoms with E-state index in [1.54, 1.807) is 0 Å².